The van der Waals surface area contributed by atoms with Crippen LogP contribution in [0.25, 0.3) is 10.9 Å². The molecule has 2 aromatic heterocycles. The first kappa shape index (κ1) is 23.2. The lowest BCUT2D eigenvalue weighted by molar-refractivity contribution is 0.0839. The van der Waals surface area contributed by atoms with Crippen LogP contribution in [0.4, 0.5) is 0 Å². The lowest BCUT2D eigenvalue weighted by Crippen LogP contribution is -2.39. The highest BCUT2D eigenvalue weighted by atomic mass is 16.5. The van der Waals surface area contributed by atoms with Gasteiger partial charge in [-0.2, -0.15) is 0 Å². The zero-order valence-corrected chi connectivity index (χ0v) is 20.6. The Kier molecular flexibility index (Phi) is 6.79. The molecule has 1 aliphatic carbocycles. The number of aromatic nitrogens is 5. The summed E-state index contributed by atoms with van der Waals surface area (Å²) < 4.78 is 7.78. The van der Waals surface area contributed by atoms with E-state index in [1.54, 1.807) is 0 Å². The van der Waals surface area contributed by atoms with Crippen LogP contribution in [0.1, 0.15) is 80.4 Å². The molecule has 2 atom stereocenters. The van der Waals surface area contributed by atoms with Gasteiger partial charge in [0.25, 0.3) is 5.56 Å². The van der Waals surface area contributed by atoms with Gasteiger partial charge in [0, 0.05) is 30.3 Å². The molecule has 1 aromatic carbocycles. The second kappa shape index (κ2) is 9.96. The van der Waals surface area contributed by atoms with E-state index >= 15 is 0 Å². The first-order chi connectivity index (χ1) is 16.5. The maximum absolute atomic E-state index is 13.1. The van der Waals surface area contributed by atoms with E-state index in [0.29, 0.717) is 19.1 Å². The largest absolute Gasteiger partial charge is 0.376 e. The summed E-state index contributed by atoms with van der Waals surface area (Å²) in [6.45, 7) is 8.48. The van der Waals surface area contributed by atoms with Gasteiger partial charge in [-0.1, -0.05) is 19.8 Å². The van der Waals surface area contributed by atoms with Gasteiger partial charge in [0.15, 0.2) is 5.82 Å². The number of nitrogens with zero attached hydrogens (tertiary/aromatic N) is 5. The van der Waals surface area contributed by atoms with Crippen LogP contribution in [0.5, 0.6) is 0 Å². The predicted octanol–water partition coefficient (Wildman–Crippen LogP) is 4.21. The molecule has 0 unspecified atom stereocenters. The highest BCUT2D eigenvalue weighted by Gasteiger charge is 2.33. The Balaban J connectivity index is 1.48. The van der Waals surface area contributed by atoms with Crippen molar-refractivity contribution in [3.05, 3.63) is 51.1 Å². The van der Waals surface area contributed by atoms with Crippen molar-refractivity contribution < 1.29 is 4.74 Å². The van der Waals surface area contributed by atoms with E-state index in [1.807, 2.05) is 4.68 Å². The van der Waals surface area contributed by atoms with Crippen molar-refractivity contribution in [2.75, 3.05) is 6.61 Å². The SMILES string of the molecule is CC[C@H](c1nnnn1C[C@H]1CCCO1)N(Cc1cc2cc(C)c(C)cc2[nH]c1=O)C1CCCC1. The lowest BCUT2D eigenvalue weighted by atomic mass is 10.0. The highest BCUT2D eigenvalue weighted by molar-refractivity contribution is 5.80. The van der Waals surface area contributed by atoms with Crippen molar-refractivity contribution in [3.63, 3.8) is 0 Å². The fourth-order valence-corrected chi connectivity index (χ4v) is 5.69. The Labute approximate surface area is 200 Å². The van der Waals surface area contributed by atoms with Gasteiger partial charge in [-0.3, -0.25) is 9.69 Å². The van der Waals surface area contributed by atoms with Crippen LogP contribution in [-0.2, 0) is 17.8 Å². The Hall–Kier alpha value is -2.58. The second-order valence-corrected chi connectivity index (χ2v) is 10.0. The van der Waals surface area contributed by atoms with E-state index in [0.717, 1.165) is 61.0 Å². The average molecular weight is 465 g/mol. The van der Waals surface area contributed by atoms with Crippen LogP contribution in [0.3, 0.4) is 0 Å². The first-order valence-corrected chi connectivity index (χ1v) is 12.8. The molecule has 0 bridgehead atoms. The van der Waals surface area contributed by atoms with E-state index in [9.17, 15) is 4.79 Å². The van der Waals surface area contributed by atoms with Crippen LogP contribution in [-0.4, -0.2) is 48.8 Å². The molecule has 2 aliphatic rings. The van der Waals surface area contributed by atoms with Crippen LogP contribution in [0, 0.1) is 13.8 Å². The summed E-state index contributed by atoms with van der Waals surface area (Å²) >= 11 is 0. The summed E-state index contributed by atoms with van der Waals surface area (Å²) in [6.07, 6.45) is 7.95. The zero-order chi connectivity index (χ0) is 23.7. The number of H-pyrrole nitrogens is 1. The number of pyridine rings is 1. The third kappa shape index (κ3) is 4.66. The molecule has 1 saturated carbocycles. The van der Waals surface area contributed by atoms with Crippen molar-refractivity contribution in [3.8, 4) is 0 Å². The highest BCUT2D eigenvalue weighted by Crippen LogP contribution is 2.34. The third-order valence-corrected chi connectivity index (χ3v) is 7.73. The van der Waals surface area contributed by atoms with Gasteiger partial charge < -0.3 is 9.72 Å². The van der Waals surface area contributed by atoms with Gasteiger partial charge in [-0.25, -0.2) is 4.68 Å². The van der Waals surface area contributed by atoms with E-state index in [4.69, 9.17) is 4.74 Å². The molecule has 2 fully saturated rings. The molecule has 0 spiro atoms. The topological polar surface area (TPSA) is 88.9 Å². The van der Waals surface area contributed by atoms with Crippen LogP contribution in [0.2, 0.25) is 0 Å². The van der Waals surface area contributed by atoms with Crippen LogP contribution < -0.4 is 5.56 Å². The Morgan fingerprint density at radius 3 is 2.68 bits per heavy atom. The number of rotatable bonds is 8. The van der Waals surface area contributed by atoms with Crippen molar-refractivity contribution in [2.24, 2.45) is 0 Å². The van der Waals surface area contributed by atoms with Crippen LogP contribution in [0.15, 0.2) is 23.0 Å². The minimum Gasteiger partial charge on any atom is -0.376 e. The first-order valence-electron chi connectivity index (χ1n) is 12.8. The van der Waals surface area contributed by atoms with E-state index in [-0.39, 0.29) is 17.7 Å². The summed E-state index contributed by atoms with van der Waals surface area (Å²) in [5, 5.41) is 13.9. The lowest BCUT2D eigenvalue weighted by Gasteiger charge is -2.35. The summed E-state index contributed by atoms with van der Waals surface area (Å²) in [5.74, 6) is 0.883. The number of tetrazole rings is 1. The maximum Gasteiger partial charge on any atom is 0.252 e. The number of aryl methyl sites for hydroxylation is 2. The normalized spacial score (nSPS) is 20.1. The molecule has 182 valence electrons. The standard InChI is InChI=1S/C26H36N6O2/c1-4-24(25-28-29-30-32(25)16-22-10-7-11-34-22)31(21-8-5-6-9-21)15-20-14-19-12-17(2)18(3)13-23(19)27-26(20)33/h12-14,21-22,24H,4-11,15-16H2,1-3H3,(H,27,33)/t22-,24-/m1/s1. The molecule has 0 radical (unpaired) electrons. The van der Waals surface area contributed by atoms with Crippen molar-refractivity contribution >= 4 is 10.9 Å². The third-order valence-electron chi connectivity index (χ3n) is 7.73. The number of ether oxygens (including phenoxy) is 1. The minimum atomic E-state index is -0.00690. The Morgan fingerprint density at radius 1 is 1.15 bits per heavy atom. The molecule has 0 amide bonds. The number of hydrogen-bond donors (Lipinski definition) is 1. The molecule has 3 aromatic rings. The second-order valence-electron chi connectivity index (χ2n) is 10.0. The molecular formula is C26H36N6O2. The average Bonchev–Trinajstić information content (AvgIpc) is 3.59. The van der Waals surface area contributed by atoms with Gasteiger partial charge in [0.1, 0.15) is 0 Å². The minimum absolute atomic E-state index is 0.00690. The number of aromatic amines is 1. The Morgan fingerprint density at radius 2 is 1.94 bits per heavy atom. The van der Waals surface area contributed by atoms with Gasteiger partial charge in [0.05, 0.1) is 18.7 Å². The number of hydrogen-bond acceptors (Lipinski definition) is 6. The number of benzene rings is 1. The molecule has 3 heterocycles. The molecule has 1 N–H and O–H groups in total. The molecule has 1 aliphatic heterocycles. The molecule has 5 rings (SSSR count). The van der Waals surface area contributed by atoms with E-state index in [2.05, 4.69) is 64.4 Å². The van der Waals surface area contributed by atoms with Crippen molar-refractivity contribution in [1.82, 2.24) is 30.1 Å². The summed E-state index contributed by atoms with van der Waals surface area (Å²) in [6, 6.07) is 6.79. The monoisotopic (exact) mass is 464 g/mol. The van der Waals surface area contributed by atoms with Gasteiger partial charge in [-0.05, 0) is 91.1 Å². The molecule has 8 nitrogen and oxygen atoms in total. The maximum atomic E-state index is 13.1. The Bertz CT molecular complexity index is 1190. The predicted molar refractivity (Wildman–Crippen MR) is 132 cm³/mol. The zero-order valence-electron chi connectivity index (χ0n) is 20.6. The van der Waals surface area contributed by atoms with Gasteiger partial charge >= 0.3 is 0 Å². The molecular weight excluding hydrogens is 428 g/mol. The quantitative estimate of drug-likeness (QED) is 0.537. The molecule has 8 heteroatoms. The molecule has 1 saturated heterocycles. The fraction of sp³-hybridized carbons (Fsp3) is 0.615. The van der Waals surface area contributed by atoms with E-state index < -0.39 is 0 Å². The van der Waals surface area contributed by atoms with Gasteiger partial charge in [-0.15, -0.1) is 5.10 Å². The summed E-state index contributed by atoms with van der Waals surface area (Å²) in [4.78, 5) is 18.7. The van der Waals surface area contributed by atoms with Gasteiger partial charge in [0.2, 0.25) is 0 Å². The number of fused-ring (bicyclic) bond motifs is 1. The molecule has 34 heavy (non-hydrogen) atoms. The number of nitrogens with one attached hydrogen (secondary N) is 1. The van der Waals surface area contributed by atoms with Crippen LogP contribution >= 0.6 is 0 Å². The fourth-order valence-electron chi connectivity index (χ4n) is 5.69. The summed E-state index contributed by atoms with van der Waals surface area (Å²) in [5.41, 5.74) is 4.12. The smallest absolute Gasteiger partial charge is 0.252 e. The van der Waals surface area contributed by atoms with Crippen molar-refractivity contribution in [1.29, 1.82) is 0 Å². The van der Waals surface area contributed by atoms with E-state index in [1.165, 1.54) is 24.0 Å². The summed E-state index contributed by atoms with van der Waals surface area (Å²) in [7, 11) is 0. The van der Waals surface area contributed by atoms with Crippen molar-refractivity contribution in [2.45, 2.75) is 97.0 Å².